The van der Waals surface area contributed by atoms with E-state index in [0.29, 0.717) is 20.6 Å². The van der Waals surface area contributed by atoms with Crippen molar-refractivity contribution in [3.05, 3.63) is 68.7 Å². The van der Waals surface area contributed by atoms with Crippen LogP contribution in [0.2, 0.25) is 5.02 Å². The molecule has 0 heterocycles. The van der Waals surface area contributed by atoms with Crippen molar-refractivity contribution in [2.24, 2.45) is 0 Å². The molecule has 2 aromatic rings. The standard InChI is InChI=1S/C16H12BrClN2O/c1-10(12-4-2-11(9-19)3-5-12)20-16(21)13-6-7-15(18)14(17)8-13/h2-8,10H,1H3,(H,20,21). The van der Waals surface area contributed by atoms with Gasteiger partial charge in [0, 0.05) is 10.0 Å². The lowest BCUT2D eigenvalue weighted by Gasteiger charge is -2.14. The lowest BCUT2D eigenvalue weighted by atomic mass is 10.1. The van der Waals surface area contributed by atoms with E-state index in [1.54, 1.807) is 30.3 Å². The number of amides is 1. The zero-order valence-corrected chi connectivity index (χ0v) is 13.6. The van der Waals surface area contributed by atoms with Crippen LogP contribution in [0.4, 0.5) is 0 Å². The Labute approximate surface area is 136 Å². The summed E-state index contributed by atoms with van der Waals surface area (Å²) in [6.07, 6.45) is 0. The topological polar surface area (TPSA) is 52.9 Å². The molecule has 2 rings (SSSR count). The molecule has 3 nitrogen and oxygen atoms in total. The number of halogens is 2. The number of nitrogens with zero attached hydrogens (tertiary/aromatic N) is 1. The number of hydrogen-bond donors (Lipinski definition) is 1. The van der Waals surface area contributed by atoms with Crippen LogP contribution < -0.4 is 5.32 Å². The molecule has 0 fully saturated rings. The van der Waals surface area contributed by atoms with Gasteiger partial charge in [-0.3, -0.25) is 4.79 Å². The molecule has 1 amide bonds. The van der Waals surface area contributed by atoms with Crippen molar-refractivity contribution in [3.8, 4) is 6.07 Å². The second kappa shape index (κ2) is 6.75. The van der Waals surface area contributed by atoms with Crippen molar-refractivity contribution >= 4 is 33.4 Å². The van der Waals surface area contributed by atoms with E-state index in [1.807, 2.05) is 19.1 Å². The summed E-state index contributed by atoms with van der Waals surface area (Å²) in [5.41, 5.74) is 2.07. The summed E-state index contributed by atoms with van der Waals surface area (Å²) in [5.74, 6) is -0.177. The van der Waals surface area contributed by atoms with Crippen LogP contribution in [0.5, 0.6) is 0 Å². The average Bonchev–Trinajstić information content (AvgIpc) is 2.50. The summed E-state index contributed by atoms with van der Waals surface area (Å²) in [4.78, 5) is 12.2. The monoisotopic (exact) mass is 362 g/mol. The Morgan fingerprint density at radius 3 is 2.52 bits per heavy atom. The molecule has 0 bridgehead atoms. The van der Waals surface area contributed by atoms with E-state index in [9.17, 15) is 4.79 Å². The third kappa shape index (κ3) is 3.84. The van der Waals surface area contributed by atoms with Gasteiger partial charge in [-0.25, -0.2) is 0 Å². The Morgan fingerprint density at radius 1 is 1.29 bits per heavy atom. The predicted molar refractivity (Wildman–Crippen MR) is 86.2 cm³/mol. The Kier molecular flexibility index (Phi) is 5.00. The molecule has 0 saturated heterocycles. The zero-order valence-electron chi connectivity index (χ0n) is 11.2. The quantitative estimate of drug-likeness (QED) is 0.875. The highest BCUT2D eigenvalue weighted by Crippen LogP contribution is 2.23. The molecule has 1 unspecified atom stereocenters. The molecule has 1 atom stereocenters. The second-order valence-electron chi connectivity index (χ2n) is 4.56. The number of hydrogen-bond acceptors (Lipinski definition) is 2. The molecule has 2 aromatic carbocycles. The normalized spacial score (nSPS) is 11.5. The van der Waals surface area contributed by atoms with Gasteiger partial charge in [-0.1, -0.05) is 23.7 Å². The number of nitrogens with one attached hydrogen (secondary N) is 1. The molecule has 0 aromatic heterocycles. The molecule has 0 aliphatic heterocycles. The molecular formula is C16H12BrClN2O. The third-order valence-electron chi connectivity index (χ3n) is 3.07. The maximum Gasteiger partial charge on any atom is 0.251 e. The molecule has 0 aliphatic carbocycles. The van der Waals surface area contributed by atoms with Gasteiger partial charge in [-0.15, -0.1) is 0 Å². The first-order valence-corrected chi connectivity index (χ1v) is 7.44. The fourth-order valence-electron chi connectivity index (χ4n) is 1.85. The van der Waals surface area contributed by atoms with Crippen molar-refractivity contribution in [1.82, 2.24) is 5.32 Å². The van der Waals surface area contributed by atoms with E-state index in [4.69, 9.17) is 16.9 Å². The van der Waals surface area contributed by atoms with Gasteiger partial charge in [0.2, 0.25) is 0 Å². The van der Waals surface area contributed by atoms with Gasteiger partial charge in [0.25, 0.3) is 5.91 Å². The Balaban J connectivity index is 2.10. The summed E-state index contributed by atoms with van der Waals surface area (Å²) in [7, 11) is 0. The first kappa shape index (κ1) is 15.6. The van der Waals surface area contributed by atoms with Crippen molar-refractivity contribution in [2.75, 3.05) is 0 Å². The highest BCUT2D eigenvalue weighted by Gasteiger charge is 2.12. The van der Waals surface area contributed by atoms with Crippen molar-refractivity contribution in [2.45, 2.75) is 13.0 Å². The van der Waals surface area contributed by atoms with Crippen LogP contribution in [0, 0.1) is 11.3 Å². The van der Waals surface area contributed by atoms with E-state index in [2.05, 4.69) is 27.3 Å². The van der Waals surface area contributed by atoms with Crippen LogP contribution in [-0.4, -0.2) is 5.91 Å². The largest absolute Gasteiger partial charge is 0.346 e. The van der Waals surface area contributed by atoms with Gasteiger partial charge < -0.3 is 5.32 Å². The molecule has 0 radical (unpaired) electrons. The summed E-state index contributed by atoms with van der Waals surface area (Å²) in [5, 5.41) is 12.2. The van der Waals surface area contributed by atoms with Crippen LogP contribution in [0.3, 0.4) is 0 Å². The molecule has 0 spiro atoms. The van der Waals surface area contributed by atoms with Crippen LogP contribution >= 0.6 is 27.5 Å². The molecule has 1 N–H and O–H groups in total. The minimum absolute atomic E-state index is 0.153. The molecule has 5 heteroatoms. The molecule has 21 heavy (non-hydrogen) atoms. The lowest BCUT2D eigenvalue weighted by molar-refractivity contribution is 0.0940. The summed E-state index contributed by atoms with van der Waals surface area (Å²) in [6, 6.07) is 14.1. The van der Waals surface area contributed by atoms with Crippen molar-refractivity contribution < 1.29 is 4.79 Å². The smallest absolute Gasteiger partial charge is 0.251 e. The predicted octanol–water partition coefficient (Wildman–Crippen LogP) is 4.47. The zero-order chi connectivity index (χ0) is 15.4. The van der Waals surface area contributed by atoms with Crippen LogP contribution in [0.25, 0.3) is 0 Å². The van der Waals surface area contributed by atoms with Crippen LogP contribution in [0.1, 0.15) is 34.5 Å². The molecule has 106 valence electrons. The second-order valence-corrected chi connectivity index (χ2v) is 5.82. The number of rotatable bonds is 3. The molecule has 0 saturated carbocycles. The summed E-state index contributed by atoms with van der Waals surface area (Å²) in [6.45, 7) is 1.89. The third-order valence-corrected chi connectivity index (χ3v) is 4.28. The number of benzene rings is 2. The maximum atomic E-state index is 12.2. The first-order valence-electron chi connectivity index (χ1n) is 6.27. The van der Waals surface area contributed by atoms with Gasteiger partial charge in [0.05, 0.1) is 22.7 Å². The van der Waals surface area contributed by atoms with Gasteiger partial charge >= 0.3 is 0 Å². The van der Waals surface area contributed by atoms with Gasteiger partial charge in [-0.05, 0) is 58.7 Å². The maximum absolute atomic E-state index is 12.2. The Morgan fingerprint density at radius 2 is 1.95 bits per heavy atom. The van der Waals surface area contributed by atoms with E-state index in [1.165, 1.54) is 0 Å². The lowest BCUT2D eigenvalue weighted by Crippen LogP contribution is -2.26. The average molecular weight is 364 g/mol. The summed E-state index contributed by atoms with van der Waals surface area (Å²) >= 11 is 9.21. The minimum Gasteiger partial charge on any atom is -0.346 e. The number of carbonyl (C=O) groups is 1. The van der Waals surface area contributed by atoms with Crippen LogP contribution in [-0.2, 0) is 0 Å². The van der Waals surface area contributed by atoms with Gasteiger partial charge in [-0.2, -0.15) is 5.26 Å². The van der Waals surface area contributed by atoms with Crippen LogP contribution in [0.15, 0.2) is 46.9 Å². The first-order chi connectivity index (χ1) is 10.0. The van der Waals surface area contributed by atoms with E-state index < -0.39 is 0 Å². The van der Waals surface area contributed by atoms with Gasteiger partial charge in [0.15, 0.2) is 0 Å². The van der Waals surface area contributed by atoms with E-state index >= 15 is 0 Å². The van der Waals surface area contributed by atoms with Crippen molar-refractivity contribution in [1.29, 1.82) is 5.26 Å². The SMILES string of the molecule is CC(NC(=O)c1ccc(Cl)c(Br)c1)c1ccc(C#N)cc1. The fraction of sp³-hybridized carbons (Fsp3) is 0.125. The highest BCUT2D eigenvalue weighted by atomic mass is 79.9. The highest BCUT2D eigenvalue weighted by molar-refractivity contribution is 9.10. The molecular weight excluding hydrogens is 352 g/mol. The number of nitriles is 1. The van der Waals surface area contributed by atoms with E-state index in [-0.39, 0.29) is 11.9 Å². The van der Waals surface area contributed by atoms with Crippen molar-refractivity contribution in [3.63, 3.8) is 0 Å². The minimum atomic E-state index is -0.177. The Bertz CT molecular complexity index is 707. The Hall–Kier alpha value is -1.83. The number of carbonyl (C=O) groups excluding carboxylic acids is 1. The van der Waals surface area contributed by atoms with Gasteiger partial charge in [0.1, 0.15) is 0 Å². The van der Waals surface area contributed by atoms with E-state index in [0.717, 1.165) is 5.56 Å². The molecule has 0 aliphatic rings. The summed E-state index contributed by atoms with van der Waals surface area (Å²) < 4.78 is 0.683. The fourth-order valence-corrected chi connectivity index (χ4v) is 2.34.